The monoisotopic (exact) mass is 216 g/mol. The van der Waals surface area contributed by atoms with Crippen molar-refractivity contribution in [2.24, 2.45) is 5.92 Å². The Balaban J connectivity index is 3.20. The van der Waals surface area contributed by atoms with E-state index in [4.69, 9.17) is 5.11 Å². The van der Waals surface area contributed by atoms with Gasteiger partial charge in [0.2, 0.25) is 0 Å². The molecule has 0 aliphatic rings. The van der Waals surface area contributed by atoms with E-state index in [1.165, 1.54) is 19.3 Å². The number of rotatable bonds is 9. The van der Waals surface area contributed by atoms with Crippen LogP contribution < -0.4 is 0 Å². The quantitative estimate of drug-likeness (QED) is 0.583. The Morgan fingerprint density at radius 2 is 1.60 bits per heavy atom. The lowest BCUT2D eigenvalue weighted by atomic mass is 10.0. The highest BCUT2D eigenvalue weighted by Gasteiger charge is 2.08. The second-order valence-electron chi connectivity index (χ2n) is 4.64. The molecule has 0 aromatic rings. The van der Waals surface area contributed by atoms with Crippen molar-refractivity contribution < 1.29 is 15.0 Å². The Morgan fingerprint density at radius 3 is 2.07 bits per heavy atom. The molecular formula is C12H24O3. The van der Waals surface area contributed by atoms with Crippen LogP contribution in [0.2, 0.25) is 0 Å². The second kappa shape index (κ2) is 8.72. The molecule has 0 saturated carbocycles. The van der Waals surface area contributed by atoms with Crippen LogP contribution in [0.4, 0.5) is 0 Å². The molecule has 90 valence electrons. The highest BCUT2D eigenvalue weighted by molar-refractivity contribution is 5.67. The Hall–Kier alpha value is -0.570. The van der Waals surface area contributed by atoms with Crippen molar-refractivity contribution in [3.8, 4) is 0 Å². The highest BCUT2D eigenvalue weighted by Crippen LogP contribution is 2.12. The van der Waals surface area contributed by atoms with Crippen LogP contribution in [0.5, 0.6) is 0 Å². The molecule has 0 saturated heterocycles. The van der Waals surface area contributed by atoms with Crippen LogP contribution in [0.15, 0.2) is 0 Å². The van der Waals surface area contributed by atoms with Gasteiger partial charge in [-0.2, -0.15) is 0 Å². The Morgan fingerprint density at radius 1 is 1.07 bits per heavy atom. The Kier molecular flexibility index (Phi) is 8.38. The standard InChI is InChI=1S/C12H24O3/c1-10(2)7-5-3-4-6-8-11(13)9-12(14)15/h10-11,13H,3-9H2,1-2H3,(H,14,15). The van der Waals surface area contributed by atoms with Crippen LogP contribution in [-0.4, -0.2) is 22.3 Å². The number of unbranched alkanes of at least 4 members (excludes halogenated alkanes) is 3. The first-order valence-corrected chi connectivity index (χ1v) is 5.92. The van der Waals surface area contributed by atoms with Gasteiger partial charge in [0.05, 0.1) is 12.5 Å². The van der Waals surface area contributed by atoms with Crippen molar-refractivity contribution in [2.45, 2.75) is 64.9 Å². The molecule has 0 aromatic carbocycles. The summed E-state index contributed by atoms with van der Waals surface area (Å²) in [6.07, 6.45) is 5.57. The fourth-order valence-electron chi connectivity index (χ4n) is 1.59. The van der Waals surface area contributed by atoms with Gasteiger partial charge >= 0.3 is 5.97 Å². The maximum atomic E-state index is 10.3. The molecule has 0 spiro atoms. The van der Waals surface area contributed by atoms with Crippen molar-refractivity contribution in [1.82, 2.24) is 0 Å². The van der Waals surface area contributed by atoms with Gasteiger partial charge in [-0.15, -0.1) is 0 Å². The highest BCUT2D eigenvalue weighted by atomic mass is 16.4. The summed E-state index contributed by atoms with van der Waals surface area (Å²) in [5.41, 5.74) is 0. The van der Waals surface area contributed by atoms with Crippen LogP contribution in [0.25, 0.3) is 0 Å². The minimum atomic E-state index is -0.915. The van der Waals surface area contributed by atoms with E-state index in [9.17, 15) is 9.90 Å². The maximum Gasteiger partial charge on any atom is 0.305 e. The van der Waals surface area contributed by atoms with Gasteiger partial charge < -0.3 is 10.2 Å². The summed E-state index contributed by atoms with van der Waals surface area (Å²) in [5.74, 6) is -0.148. The van der Waals surface area contributed by atoms with Crippen molar-refractivity contribution in [3.63, 3.8) is 0 Å². The average molecular weight is 216 g/mol. The Labute approximate surface area is 92.5 Å². The minimum absolute atomic E-state index is 0.119. The predicted octanol–water partition coefficient (Wildman–Crippen LogP) is 2.82. The van der Waals surface area contributed by atoms with Crippen molar-refractivity contribution in [3.05, 3.63) is 0 Å². The van der Waals surface area contributed by atoms with E-state index in [1.807, 2.05) is 0 Å². The van der Waals surface area contributed by atoms with Crippen LogP contribution in [0.1, 0.15) is 58.8 Å². The normalized spacial score (nSPS) is 13.1. The molecule has 0 aliphatic heterocycles. The fourth-order valence-corrected chi connectivity index (χ4v) is 1.59. The van der Waals surface area contributed by atoms with Gasteiger partial charge in [0.25, 0.3) is 0 Å². The van der Waals surface area contributed by atoms with Crippen LogP contribution >= 0.6 is 0 Å². The number of aliphatic hydroxyl groups is 1. The van der Waals surface area contributed by atoms with Gasteiger partial charge in [0.1, 0.15) is 0 Å². The molecule has 1 atom stereocenters. The van der Waals surface area contributed by atoms with Crippen LogP contribution in [0, 0.1) is 5.92 Å². The van der Waals surface area contributed by atoms with Gasteiger partial charge in [-0.05, 0) is 12.3 Å². The number of carboxylic acid groups (broad SMARTS) is 1. The van der Waals surface area contributed by atoms with Crippen molar-refractivity contribution in [2.75, 3.05) is 0 Å². The largest absolute Gasteiger partial charge is 0.481 e. The molecule has 0 bridgehead atoms. The molecule has 0 heterocycles. The molecule has 0 rings (SSSR count). The molecule has 3 heteroatoms. The van der Waals surface area contributed by atoms with E-state index in [-0.39, 0.29) is 6.42 Å². The zero-order valence-electron chi connectivity index (χ0n) is 9.91. The number of aliphatic hydroxyl groups excluding tert-OH is 1. The lowest BCUT2D eigenvalue weighted by Gasteiger charge is -2.07. The summed E-state index contributed by atoms with van der Waals surface area (Å²) in [6.45, 7) is 4.44. The SMILES string of the molecule is CC(C)CCCCCCC(O)CC(=O)O. The van der Waals surface area contributed by atoms with Crippen LogP contribution in [0.3, 0.4) is 0 Å². The molecule has 0 aliphatic carbocycles. The number of aliphatic carboxylic acids is 1. The third-order valence-corrected chi connectivity index (χ3v) is 2.48. The first kappa shape index (κ1) is 14.4. The lowest BCUT2D eigenvalue weighted by molar-refractivity contribution is -0.139. The van der Waals surface area contributed by atoms with Crippen molar-refractivity contribution in [1.29, 1.82) is 0 Å². The molecule has 0 amide bonds. The smallest absolute Gasteiger partial charge is 0.305 e. The summed E-state index contributed by atoms with van der Waals surface area (Å²) in [4.78, 5) is 10.3. The predicted molar refractivity (Wildman–Crippen MR) is 60.8 cm³/mol. The van der Waals surface area contributed by atoms with Gasteiger partial charge in [0, 0.05) is 0 Å². The molecule has 0 aromatic heterocycles. The van der Waals surface area contributed by atoms with E-state index in [0.29, 0.717) is 6.42 Å². The van der Waals surface area contributed by atoms with Crippen LogP contribution in [-0.2, 0) is 4.79 Å². The summed E-state index contributed by atoms with van der Waals surface area (Å²) in [6, 6.07) is 0. The average Bonchev–Trinajstić information content (AvgIpc) is 2.09. The minimum Gasteiger partial charge on any atom is -0.481 e. The first-order valence-electron chi connectivity index (χ1n) is 5.92. The third-order valence-electron chi connectivity index (χ3n) is 2.48. The van der Waals surface area contributed by atoms with E-state index < -0.39 is 12.1 Å². The molecule has 3 nitrogen and oxygen atoms in total. The summed E-state index contributed by atoms with van der Waals surface area (Å²) in [5, 5.41) is 17.7. The Bertz CT molecular complexity index is 166. The van der Waals surface area contributed by atoms with Gasteiger partial charge in [-0.25, -0.2) is 0 Å². The molecule has 0 radical (unpaired) electrons. The van der Waals surface area contributed by atoms with E-state index >= 15 is 0 Å². The zero-order chi connectivity index (χ0) is 11.7. The number of carbonyl (C=O) groups is 1. The van der Waals surface area contributed by atoms with Gasteiger partial charge in [0.15, 0.2) is 0 Å². The fraction of sp³-hybridized carbons (Fsp3) is 0.917. The second-order valence-corrected chi connectivity index (χ2v) is 4.64. The maximum absolute atomic E-state index is 10.3. The lowest BCUT2D eigenvalue weighted by Crippen LogP contribution is -2.12. The van der Waals surface area contributed by atoms with E-state index in [0.717, 1.165) is 18.8 Å². The van der Waals surface area contributed by atoms with Gasteiger partial charge in [-0.3, -0.25) is 4.79 Å². The van der Waals surface area contributed by atoms with Gasteiger partial charge in [-0.1, -0.05) is 46.0 Å². The number of hydrogen-bond acceptors (Lipinski definition) is 2. The van der Waals surface area contributed by atoms with E-state index in [2.05, 4.69) is 13.8 Å². The summed E-state index contributed by atoms with van der Waals surface area (Å²) in [7, 11) is 0. The molecule has 2 N–H and O–H groups in total. The molecule has 15 heavy (non-hydrogen) atoms. The zero-order valence-corrected chi connectivity index (χ0v) is 9.91. The molecule has 1 unspecified atom stereocenters. The summed E-state index contributed by atoms with van der Waals surface area (Å²) < 4.78 is 0. The first-order chi connectivity index (χ1) is 7.02. The van der Waals surface area contributed by atoms with Crippen molar-refractivity contribution >= 4 is 5.97 Å². The number of hydrogen-bond donors (Lipinski definition) is 2. The third kappa shape index (κ3) is 11.4. The molecular weight excluding hydrogens is 192 g/mol. The number of carboxylic acids is 1. The molecule has 0 fully saturated rings. The van der Waals surface area contributed by atoms with E-state index in [1.54, 1.807) is 0 Å². The summed E-state index contributed by atoms with van der Waals surface area (Å²) >= 11 is 0. The topological polar surface area (TPSA) is 57.5 Å².